The van der Waals surface area contributed by atoms with Crippen LogP contribution in [-0.4, -0.2) is 11.7 Å². The van der Waals surface area contributed by atoms with Gasteiger partial charge in [0.15, 0.2) is 0 Å². The molecule has 2 heteroatoms. The lowest BCUT2D eigenvalue weighted by atomic mass is 9.86. The molecule has 2 nitrogen and oxygen atoms in total. The lowest BCUT2D eigenvalue weighted by molar-refractivity contribution is 0.101. The molecule has 100 valence electrons. The van der Waals surface area contributed by atoms with Gasteiger partial charge in [0.2, 0.25) is 0 Å². The highest BCUT2D eigenvalue weighted by molar-refractivity contribution is 5.41. The van der Waals surface area contributed by atoms with E-state index in [1.807, 2.05) is 69.3 Å². The predicted octanol–water partition coefficient (Wildman–Crippen LogP) is 3.65. The van der Waals surface area contributed by atoms with Crippen LogP contribution < -0.4 is 4.74 Å². The smallest absolute Gasteiger partial charge is 0.119 e. The number of aryl methyl sites for hydroxylation is 1. The van der Waals surface area contributed by atoms with Gasteiger partial charge in [-0.25, -0.2) is 0 Å². The van der Waals surface area contributed by atoms with Crippen LogP contribution in [0.5, 0.6) is 5.75 Å². The maximum atomic E-state index is 10.8. The van der Waals surface area contributed by atoms with Gasteiger partial charge in [0.05, 0.1) is 6.61 Å². The standard InChI is InChI=1S/C17H20O2/c1-4-19-15-11-9-14(10-12-15)17(3,18)16-8-6-5-7-13(16)2/h5-12,18H,4H2,1-3H3. The molecule has 0 aliphatic heterocycles. The van der Waals surface area contributed by atoms with Gasteiger partial charge in [-0.3, -0.25) is 0 Å². The zero-order valence-electron chi connectivity index (χ0n) is 11.7. The molecular formula is C17H20O2. The molecule has 1 atom stereocenters. The van der Waals surface area contributed by atoms with Gasteiger partial charge in [-0.15, -0.1) is 0 Å². The van der Waals surface area contributed by atoms with Gasteiger partial charge in [-0.05, 0) is 49.6 Å². The summed E-state index contributed by atoms with van der Waals surface area (Å²) in [6, 6.07) is 15.5. The summed E-state index contributed by atoms with van der Waals surface area (Å²) in [5.41, 5.74) is 1.89. The van der Waals surface area contributed by atoms with E-state index >= 15 is 0 Å². The Bertz CT molecular complexity index is 541. The van der Waals surface area contributed by atoms with E-state index in [2.05, 4.69) is 0 Å². The lowest BCUT2D eigenvalue weighted by Gasteiger charge is -2.26. The Kier molecular flexibility index (Phi) is 3.91. The minimum absolute atomic E-state index is 0.646. The average molecular weight is 256 g/mol. The highest BCUT2D eigenvalue weighted by atomic mass is 16.5. The fourth-order valence-corrected chi connectivity index (χ4v) is 2.32. The predicted molar refractivity (Wildman–Crippen MR) is 77.5 cm³/mol. The Morgan fingerprint density at radius 1 is 1.05 bits per heavy atom. The Balaban J connectivity index is 2.36. The summed E-state index contributed by atoms with van der Waals surface area (Å²) < 4.78 is 5.42. The van der Waals surface area contributed by atoms with Crippen LogP contribution >= 0.6 is 0 Å². The molecule has 2 aromatic rings. The molecule has 0 heterocycles. The lowest BCUT2D eigenvalue weighted by Crippen LogP contribution is -2.23. The van der Waals surface area contributed by atoms with Gasteiger partial charge in [0.25, 0.3) is 0 Å². The molecule has 0 saturated heterocycles. The molecule has 0 aromatic heterocycles. The second-order valence-electron chi connectivity index (χ2n) is 4.84. The molecule has 0 saturated carbocycles. The van der Waals surface area contributed by atoms with Gasteiger partial charge in [-0.1, -0.05) is 36.4 Å². The van der Waals surface area contributed by atoms with Crippen LogP contribution in [0.1, 0.15) is 30.5 Å². The Hall–Kier alpha value is -1.80. The van der Waals surface area contributed by atoms with E-state index in [-0.39, 0.29) is 0 Å². The molecule has 1 unspecified atom stereocenters. The highest BCUT2D eigenvalue weighted by Gasteiger charge is 2.26. The summed E-state index contributed by atoms with van der Waals surface area (Å²) in [7, 11) is 0. The van der Waals surface area contributed by atoms with Crippen LogP contribution in [-0.2, 0) is 5.60 Å². The zero-order chi connectivity index (χ0) is 13.9. The van der Waals surface area contributed by atoms with Gasteiger partial charge < -0.3 is 9.84 Å². The van der Waals surface area contributed by atoms with Crippen molar-refractivity contribution in [2.24, 2.45) is 0 Å². The summed E-state index contributed by atoms with van der Waals surface area (Å²) in [6.45, 7) is 6.44. The minimum atomic E-state index is -0.990. The molecule has 0 spiro atoms. The fourth-order valence-electron chi connectivity index (χ4n) is 2.32. The van der Waals surface area contributed by atoms with Crippen molar-refractivity contribution in [3.63, 3.8) is 0 Å². The summed E-state index contributed by atoms with van der Waals surface area (Å²) in [5, 5.41) is 10.8. The largest absolute Gasteiger partial charge is 0.494 e. The molecule has 0 bridgehead atoms. The maximum absolute atomic E-state index is 10.8. The first kappa shape index (κ1) is 13.6. The molecule has 2 rings (SSSR count). The molecule has 19 heavy (non-hydrogen) atoms. The third-order valence-corrected chi connectivity index (χ3v) is 3.40. The van der Waals surface area contributed by atoms with Crippen molar-refractivity contribution in [3.05, 3.63) is 65.2 Å². The Morgan fingerprint density at radius 2 is 1.68 bits per heavy atom. The average Bonchev–Trinajstić information content (AvgIpc) is 2.40. The molecule has 0 aliphatic carbocycles. The summed E-state index contributed by atoms with van der Waals surface area (Å²) in [4.78, 5) is 0. The van der Waals surface area contributed by atoms with Gasteiger partial charge >= 0.3 is 0 Å². The molecular weight excluding hydrogens is 236 g/mol. The molecule has 0 amide bonds. The van der Waals surface area contributed by atoms with Gasteiger partial charge in [-0.2, -0.15) is 0 Å². The van der Waals surface area contributed by atoms with Crippen molar-refractivity contribution < 1.29 is 9.84 Å². The maximum Gasteiger partial charge on any atom is 0.119 e. The van der Waals surface area contributed by atoms with Crippen LogP contribution in [0, 0.1) is 6.92 Å². The van der Waals surface area contributed by atoms with Crippen LogP contribution in [0.2, 0.25) is 0 Å². The molecule has 2 aromatic carbocycles. The SMILES string of the molecule is CCOc1ccc(C(C)(O)c2ccccc2C)cc1. The summed E-state index contributed by atoms with van der Waals surface area (Å²) >= 11 is 0. The van der Waals surface area contributed by atoms with Crippen molar-refractivity contribution >= 4 is 0 Å². The number of rotatable bonds is 4. The van der Waals surface area contributed by atoms with Gasteiger partial charge in [0.1, 0.15) is 11.4 Å². The van der Waals surface area contributed by atoms with Crippen molar-refractivity contribution in [1.82, 2.24) is 0 Å². The van der Waals surface area contributed by atoms with E-state index in [1.165, 1.54) is 0 Å². The minimum Gasteiger partial charge on any atom is -0.494 e. The summed E-state index contributed by atoms with van der Waals surface area (Å²) in [5.74, 6) is 0.826. The zero-order valence-corrected chi connectivity index (χ0v) is 11.7. The molecule has 1 N–H and O–H groups in total. The second-order valence-corrected chi connectivity index (χ2v) is 4.84. The number of hydrogen-bond donors (Lipinski definition) is 1. The number of hydrogen-bond acceptors (Lipinski definition) is 2. The number of aliphatic hydroxyl groups is 1. The van der Waals surface area contributed by atoms with Crippen LogP contribution in [0.15, 0.2) is 48.5 Å². The van der Waals surface area contributed by atoms with E-state index < -0.39 is 5.60 Å². The van der Waals surface area contributed by atoms with E-state index in [9.17, 15) is 5.11 Å². The second kappa shape index (κ2) is 5.45. The first-order valence-electron chi connectivity index (χ1n) is 6.57. The Labute approximate surface area is 114 Å². The third-order valence-electron chi connectivity index (χ3n) is 3.40. The van der Waals surface area contributed by atoms with E-state index in [0.717, 1.165) is 22.4 Å². The van der Waals surface area contributed by atoms with E-state index in [1.54, 1.807) is 0 Å². The third kappa shape index (κ3) is 2.79. The monoisotopic (exact) mass is 256 g/mol. The van der Waals surface area contributed by atoms with E-state index in [4.69, 9.17) is 4.74 Å². The summed E-state index contributed by atoms with van der Waals surface area (Å²) in [6.07, 6.45) is 0. The topological polar surface area (TPSA) is 29.5 Å². The first-order valence-corrected chi connectivity index (χ1v) is 6.57. The van der Waals surface area contributed by atoms with Crippen LogP contribution in [0.3, 0.4) is 0 Å². The number of benzene rings is 2. The number of ether oxygens (including phenoxy) is 1. The first-order chi connectivity index (χ1) is 9.05. The quantitative estimate of drug-likeness (QED) is 0.904. The normalized spacial score (nSPS) is 13.9. The van der Waals surface area contributed by atoms with Crippen LogP contribution in [0.4, 0.5) is 0 Å². The van der Waals surface area contributed by atoms with Gasteiger partial charge in [0, 0.05) is 0 Å². The molecule has 0 fully saturated rings. The highest BCUT2D eigenvalue weighted by Crippen LogP contribution is 2.32. The van der Waals surface area contributed by atoms with Crippen molar-refractivity contribution in [2.45, 2.75) is 26.4 Å². The van der Waals surface area contributed by atoms with Crippen LogP contribution in [0.25, 0.3) is 0 Å². The van der Waals surface area contributed by atoms with Crippen molar-refractivity contribution in [3.8, 4) is 5.75 Å². The Morgan fingerprint density at radius 3 is 2.26 bits per heavy atom. The van der Waals surface area contributed by atoms with E-state index in [0.29, 0.717) is 6.61 Å². The molecule has 0 aliphatic rings. The van der Waals surface area contributed by atoms with Crippen molar-refractivity contribution in [2.75, 3.05) is 6.61 Å². The molecule has 0 radical (unpaired) electrons. The fraction of sp³-hybridized carbons (Fsp3) is 0.294. The van der Waals surface area contributed by atoms with Crippen molar-refractivity contribution in [1.29, 1.82) is 0 Å².